The van der Waals surface area contributed by atoms with Crippen molar-refractivity contribution in [3.63, 3.8) is 0 Å². The van der Waals surface area contributed by atoms with Crippen molar-refractivity contribution in [2.45, 2.75) is 18.9 Å². The quantitative estimate of drug-likeness (QED) is 0.568. The molecule has 0 saturated heterocycles. The Morgan fingerprint density at radius 1 is 0.767 bits per heavy atom. The lowest BCUT2D eigenvalue weighted by molar-refractivity contribution is -0.145. The summed E-state index contributed by atoms with van der Waals surface area (Å²) in [5.41, 5.74) is 1.56. The Balaban J connectivity index is 1.88. The van der Waals surface area contributed by atoms with Crippen molar-refractivity contribution in [3.05, 3.63) is 59.7 Å². The first-order chi connectivity index (χ1) is 14.4. The Morgan fingerprint density at radius 3 is 1.67 bits per heavy atom. The van der Waals surface area contributed by atoms with Crippen LogP contribution in [0.4, 0.5) is 0 Å². The van der Waals surface area contributed by atoms with E-state index in [-0.39, 0.29) is 31.2 Å². The highest BCUT2D eigenvalue weighted by Crippen LogP contribution is 2.12. The van der Waals surface area contributed by atoms with Gasteiger partial charge in [-0.1, -0.05) is 24.3 Å². The zero-order valence-corrected chi connectivity index (χ0v) is 17.3. The van der Waals surface area contributed by atoms with Crippen LogP contribution in [0.15, 0.2) is 48.5 Å². The number of rotatable bonds is 10. The van der Waals surface area contributed by atoms with E-state index in [2.05, 4.69) is 10.6 Å². The lowest BCUT2D eigenvalue weighted by Gasteiger charge is -2.17. The molecule has 0 aliphatic heterocycles. The van der Waals surface area contributed by atoms with Crippen LogP contribution >= 0.6 is 0 Å². The minimum Gasteiger partial charge on any atom is -0.497 e. The van der Waals surface area contributed by atoms with E-state index in [1.807, 2.05) is 0 Å². The van der Waals surface area contributed by atoms with Crippen LogP contribution in [-0.4, -0.2) is 51.7 Å². The third kappa shape index (κ3) is 7.12. The third-order valence-corrected chi connectivity index (χ3v) is 4.37. The van der Waals surface area contributed by atoms with Gasteiger partial charge in [0.15, 0.2) is 0 Å². The van der Waals surface area contributed by atoms with Gasteiger partial charge in [-0.3, -0.25) is 9.59 Å². The van der Waals surface area contributed by atoms with Gasteiger partial charge in [0.2, 0.25) is 11.8 Å². The second kappa shape index (κ2) is 11.5. The number of methoxy groups -OCH3 is 3. The molecule has 2 rings (SSSR count). The lowest BCUT2D eigenvalue weighted by Crippen LogP contribution is -2.49. The van der Waals surface area contributed by atoms with Crippen molar-refractivity contribution in [2.75, 3.05) is 27.9 Å². The minimum atomic E-state index is -0.986. The number of carbonyl (C=O) groups is 3. The van der Waals surface area contributed by atoms with E-state index < -0.39 is 12.0 Å². The molecule has 30 heavy (non-hydrogen) atoms. The van der Waals surface area contributed by atoms with Gasteiger partial charge in [-0.2, -0.15) is 0 Å². The van der Waals surface area contributed by atoms with Gasteiger partial charge in [-0.25, -0.2) is 4.79 Å². The molecule has 0 heterocycles. The molecule has 0 saturated carbocycles. The summed E-state index contributed by atoms with van der Waals surface area (Å²) in [6.45, 7) is -0.0734. The maximum atomic E-state index is 12.3. The average molecular weight is 414 g/mol. The molecular weight excluding hydrogens is 388 g/mol. The predicted molar refractivity (Wildman–Crippen MR) is 110 cm³/mol. The molecule has 2 N–H and O–H groups in total. The second-order valence-electron chi connectivity index (χ2n) is 6.50. The third-order valence-electron chi connectivity index (χ3n) is 4.37. The highest BCUT2D eigenvalue weighted by molar-refractivity contribution is 5.86. The largest absolute Gasteiger partial charge is 0.497 e. The van der Waals surface area contributed by atoms with Gasteiger partial charge in [0.05, 0.1) is 34.2 Å². The topological polar surface area (TPSA) is 103 Å². The first kappa shape index (κ1) is 22.7. The van der Waals surface area contributed by atoms with Crippen LogP contribution in [0.5, 0.6) is 11.5 Å². The minimum absolute atomic E-state index is 0.0734. The van der Waals surface area contributed by atoms with Crippen LogP contribution in [0, 0.1) is 0 Å². The molecule has 0 fully saturated rings. The van der Waals surface area contributed by atoms with E-state index >= 15 is 0 Å². The summed E-state index contributed by atoms with van der Waals surface area (Å²) in [6.07, 6.45) is 0.217. The molecule has 2 aromatic carbocycles. The number of ether oxygens (including phenoxy) is 3. The predicted octanol–water partition coefficient (Wildman–Crippen LogP) is 1.26. The van der Waals surface area contributed by atoms with Crippen molar-refractivity contribution in [1.82, 2.24) is 10.6 Å². The summed E-state index contributed by atoms with van der Waals surface area (Å²) < 4.78 is 14.9. The number of nitrogens with one attached hydrogen (secondary N) is 2. The number of amides is 2. The summed E-state index contributed by atoms with van der Waals surface area (Å²) in [4.78, 5) is 36.5. The Kier molecular flexibility index (Phi) is 8.68. The van der Waals surface area contributed by atoms with Crippen molar-refractivity contribution in [2.24, 2.45) is 0 Å². The SMILES string of the molecule is COC(=O)[C@H](CNC(=O)Cc1ccc(OC)cc1)NC(=O)Cc1ccc(OC)cc1. The van der Waals surface area contributed by atoms with Crippen LogP contribution in [0.25, 0.3) is 0 Å². The molecule has 1 atom stereocenters. The number of hydrogen-bond donors (Lipinski definition) is 2. The maximum absolute atomic E-state index is 12.3. The van der Waals surface area contributed by atoms with E-state index in [1.165, 1.54) is 7.11 Å². The zero-order valence-electron chi connectivity index (χ0n) is 17.3. The number of hydrogen-bond acceptors (Lipinski definition) is 6. The Hall–Kier alpha value is -3.55. The van der Waals surface area contributed by atoms with Crippen LogP contribution in [0.3, 0.4) is 0 Å². The van der Waals surface area contributed by atoms with Crippen LogP contribution in [-0.2, 0) is 32.0 Å². The standard InChI is InChI=1S/C22H26N2O6/c1-28-17-8-4-15(5-9-17)12-20(25)23-14-19(22(27)30-3)24-21(26)13-16-6-10-18(29-2)11-7-16/h4-11,19H,12-14H2,1-3H3,(H,23,25)(H,24,26)/t19-/m0/s1. The monoisotopic (exact) mass is 414 g/mol. The Labute approximate surface area is 175 Å². The van der Waals surface area contributed by atoms with E-state index in [1.54, 1.807) is 62.8 Å². The molecule has 0 unspecified atom stereocenters. The molecule has 0 radical (unpaired) electrons. The molecule has 0 spiro atoms. The first-order valence-corrected chi connectivity index (χ1v) is 9.35. The average Bonchev–Trinajstić information content (AvgIpc) is 2.77. The fourth-order valence-corrected chi connectivity index (χ4v) is 2.72. The van der Waals surface area contributed by atoms with Gasteiger partial charge in [-0.15, -0.1) is 0 Å². The van der Waals surface area contributed by atoms with Gasteiger partial charge in [0.1, 0.15) is 17.5 Å². The van der Waals surface area contributed by atoms with Crippen LogP contribution < -0.4 is 20.1 Å². The maximum Gasteiger partial charge on any atom is 0.330 e. The summed E-state index contributed by atoms with van der Waals surface area (Å²) >= 11 is 0. The second-order valence-corrected chi connectivity index (χ2v) is 6.50. The molecular formula is C22H26N2O6. The van der Waals surface area contributed by atoms with Gasteiger partial charge in [-0.05, 0) is 35.4 Å². The van der Waals surface area contributed by atoms with Crippen molar-refractivity contribution < 1.29 is 28.6 Å². The fraction of sp³-hybridized carbons (Fsp3) is 0.318. The molecule has 0 bridgehead atoms. The van der Waals surface area contributed by atoms with E-state index in [4.69, 9.17) is 14.2 Å². The van der Waals surface area contributed by atoms with Gasteiger partial charge in [0, 0.05) is 6.54 Å². The van der Waals surface area contributed by atoms with Crippen LogP contribution in [0.1, 0.15) is 11.1 Å². The number of benzene rings is 2. The molecule has 2 aromatic rings. The molecule has 8 heteroatoms. The van der Waals surface area contributed by atoms with Crippen molar-refractivity contribution in [3.8, 4) is 11.5 Å². The molecule has 160 valence electrons. The van der Waals surface area contributed by atoms with Gasteiger partial charge < -0.3 is 24.8 Å². The summed E-state index contributed by atoms with van der Waals surface area (Å²) in [5, 5.41) is 5.26. The molecule has 8 nitrogen and oxygen atoms in total. The first-order valence-electron chi connectivity index (χ1n) is 9.35. The molecule has 0 aliphatic carbocycles. The van der Waals surface area contributed by atoms with Gasteiger partial charge >= 0.3 is 5.97 Å². The van der Waals surface area contributed by atoms with E-state index in [9.17, 15) is 14.4 Å². The highest BCUT2D eigenvalue weighted by Gasteiger charge is 2.22. The van der Waals surface area contributed by atoms with Crippen LogP contribution in [0.2, 0.25) is 0 Å². The Morgan fingerprint density at radius 2 is 1.23 bits per heavy atom. The smallest absolute Gasteiger partial charge is 0.330 e. The Bertz CT molecular complexity index is 849. The summed E-state index contributed by atoms with van der Waals surface area (Å²) in [7, 11) is 4.35. The van der Waals surface area contributed by atoms with Gasteiger partial charge in [0.25, 0.3) is 0 Å². The summed E-state index contributed by atoms with van der Waals surface area (Å²) in [6, 6.07) is 13.1. The van der Waals surface area contributed by atoms with Crippen molar-refractivity contribution >= 4 is 17.8 Å². The zero-order chi connectivity index (χ0) is 21.9. The highest BCUT2D eigenvalue weighted by atomic mass is 16.5. The summed E-state index contributed by atoms with van der Waals surface area (Å²) in [5.74, 6) is 0.108. The lowest BCUT2D eigenvalue weighted by atomic mass is 10.1. The molecule has 0 aliphatic rings. The normalized spacial score (nSPS) is 11.2. The molecule has 0 aromatic heterocycles. The van der Waals surface area contributed by atoms with Crippen molar-refractivity contribution in [1.29, 1.82) is 0 Å². The molecule has 2 amide bonds. The number of carbonyl (C=O) groups excluding carboxylic acids is 3. The fourth-order valence-electron chi connectivity index (χ4n) is 2.72. The van der Waals surface area contributed by atoms with E-state index in [0.717, 1.165) is 11.1 Å². The van der Waals surface area contributed by atoms with E-state index in [0.29, 0.717) is 11.5 Å². The number of esters is 1.